The third-order valence-corrected chi connectivity index (χ3v) is 6.45. The molecule has 2 aromatic carbocycles. The molecule has 0 aromatic heterocycles. The molecule has 2 N–H and O–H groups in total. The summed E-state index contributed by atoms with van der Waals surface area (Å²) in [5.41, 5.74) is 2.56. The number of para-hydroxylation sites is 1. The first-order valence-corrected chi connectivity index (χ1v) is 12.1. The molecule has 0 unspecified atom stereocenters. The predicted octanol–water partition coefficient (Wildman–Crippen LogP) is 4.42. The van der Waals surface area contributed by atoms with Gasteiger partial charge < -0.3 is 20.3 Å². The van der Waals surface area contributed by atoms with Crippen molar-refractivity contribution in [1.82, 2.24) is 15.5 Å². The number of unbranched alkanes of at least 4 members (excludes halogenated alkanes) is 1. The highest BCUT2D eigenvalue weighted by Crippen LogP contribution is 2.31. The number of urea groups is 1. The van der Waals surface area contributed by atoms with Crippen molar-refractivity contribution in [1.29, 1.82) is 0 Å². The van der Waals surface area contributed by atoms with Crippen LogP contribution in [0.15, 0.2) is 42.5 Å². The molecular formula is C27H36FN3O3. The van der Waals surface area contributed by atoms with E-state index in [0.29, 0.717) is 44.6 Å². The van der Waals surface area contributed by atoms with Crippen LogP contribution >= 0.6 is 0 Å². The van der Waals surface area contributed by atoms with E-state index in [0.717, 1.165) is 29.7 Å². The lowest BCUT2D eigenvalue weighted by Gasteiger charge is -2.37. The average molecular weight is 470 g/mol. The van der Waals surface area contributed by atoms with Crippen molar-refractivity contribution in [2.75, 3.05) is 33.3 Å². The maximum absolute atomic E-state index is 13.8. The smallest absolute Gasteiger partial charge is 0.317 e. The Balaban J connectivity index is 1.68. The molecule has 1 heterocycles. The molecule has 1 aliphatic heterocycles. The quantitative estimate of drug-likeness (QED) is 0.534. The van der Waals surface area contributed by atoms with Crippen molar-refractivity contribution in [3.05, 3.63) is 65.0 Å². The highest BCUT2D eigenvalue weighted by atomic mass is 19.1. The maximum atomic E-state index is 13.8. The molecule has 0 bridgehead atoms. The number of piperidine rings is 1. The van der Waals surface area contributed by atoms with Gasteiger partial charge in [-0.1, -0.05) is 43.7 Å². The van der Waals surface area contributed by atoms with Crippen LogP contribution in [0.1, 0.15) is 48.8 Å². The number of likely N-dealkylation sites (tertiary alicyclic amines) is 1. The summed E-state index contributed by atoms with van der Waals surface area (Å²) in [6.45, 7) is 5.79. The third kappa shape index (κ3) is 6.72. The van der Waals surface area contributed by atoms with E-state index in [1.807, 2.05) is 30.3 Å². The molecular weight excluding hydrogens is 433 g/mol. The molecule has 1 aliphatic rings. The molecule has 184 valence electrons. The van der Waals surface area contributed by atoms with Gasteiger partial charge >= 0.3 is 6.03 Å². The van der Waals surface area contributed by atoms with Crippen molar-refractivity contribution < 1.29 is 18.7 Å². The summed E-state index contributed by atoms with van der Waals surface area (Å²) < 4.78 is 19.2. The Hall–Kier alpha value is -3.09. The zero-order chi connectivity index (χ0) is 24.5. The van der Waals surface area contributed by atoms with Crippen molar-refractivity contribution in [2.45, 2.75) is 45.4 Å². The highest BCUT2D eigenvalue weighted by molar-refractivity contribution is 5.81. The lowest BCUT2D eigenvalue weighted by atomic mass is 9.83. The van der Waals surface area contributed by atoms with Crippen molar-refractivity contribution in [3.63, 3.8) is 0 Å². The van der Waals surface area contributed by atoms with Gasteiger partial charge in [0.05, 0.1) is 13.0 Å². The van der Waals surface area contributed by atoms with Crippen LogP contribution in [0.5, 0.6) is 5.75 Å². The molecule has 0 aliphatic carbocycles. The average Bonchev–Trinajstić information content (AvgIpc) is 2.85. The second-order valence-electron chi connectivity index (χ2n) is 8.98. The number of hydrogen-bond donors (Lipinski definition) is 2. The fourth-order valence-corrected chi connectivity index (χ4v) is 4.48. The first-order valence-electron chi connectivity index (χ1n) is 12.1. The molecule has 34 heavy (non-hydrogen) atoms. The normalized spacial score (nSPS) is 17.8. The number of halogens is 1. The first kappa shape index (κ1) is 25.5. The Kier molecular flexibility index (Phi) is 9.31. The fraction of sp³-hybridized carbons (Fsp3) is 0.481. The zero-order valence-corrected chi connectivity index (χ0v) is 20.4. The summed E-state index contributed by atoms with van der Waals surface area (Å²) in [6, 6.07) is 12.7. The molecule has 0 radical (unpaired) electrons. The zero-order valence-electron chi connectivity index (χ0n) is 20.4. The van der Waals surface area contributed by atoms with Crippen molar-refractivity contribution in [3.8, 4) is 5.75 Å². The van der Waals surface area contributed by atoms with Gasteiger partial charge in [-0.05, 0) is 55.0 Å². The van der Waals surface area contributed by atoms with Gasteiger partial charge in [-0.25, -0.2) is 9.18 Å². The number of hydrogen-bond acceptors (Lipinski definition) is 3. The van der Waals surface area contributed by atoms with Gasteiger partial charge in [0, 0.05) is 32.1 Å². The van der Waals surface area contributed by atoms with E-state index < -0.39 is 0 Å². The largest absolute Gasteiger partial charge is 0.496 e. The SMILES string of the molecule is CCCCNC(=O)N1C[C@@H](C(=O)NCCc2ccccc2OC)C[C@@H](c2ccc(F)c(C)c2)C1. The Morgan fingerprint density at radius 2 is 1.91 bits per heavy atom. The lowest BCUT2D eigenvalue weighted by molar-refractivity contribution is -0.126. The molecule has 0 spiro atoms. The minimum Gasteiger partial charge on any atom is -0.496 e. The van der Waals surface area contributed by atoms with Gasteiger partial charge in [-0.3, -0.25) is 4.79 Å². The van der Waals surface area contributed by atoms with E-state index in [2.05, 4.69) is 17.6 Å². The van der Waals surface area contributed by atoms with E-state index in [9.17, 15) is 14.0 Å². The minimum atomic E-state index is -0.335. The maximum Gasteiger partial charge on any atom is 0.317 e. The number of ether oxygens (including phenoxy) is 1. The highest BCUT2D eigenvalue weighted by Gasteiger charge is 2.34. The Morgan fingerprint density at radius 1 is 1.12 bits per heavy atom. The van der Waals surface area contributed by atoms with Gasteiger partial charge in [0.2, 0.25) is 5.91 Å². The van der Waals surface area contributed by atoms with Crippen molar-refractivity contribution >= 4 is 11.9 Å². The summed E-state index contributed by atoms with van der Waals surface area (Å²) >= 11 is 0. The molecule has 2 atom stereocenters. The molecule has 6 nitrogen and oxygen atoms in total. The van der Waals surface area contributed by atoms with Crippen LogP contribution < -0.4 is 15.4 Å². The molecule has 7 heteroatoms. The second-order valence-corrected chi connectivity index (χ2v) is 8.98. The molecule has 2 aromatic rings. The molecule has 3 amide bonds. The number of carbonyl (C=O) groups is 2. The van der Waals surface area contributed by atoms with E-state index in [4.69, 9.17) is 4.74 Å². The van der Waals surface area contributed by atoms with E-state index in [-0.39, 0.29) is 29.6 Å². The van der Waals surface area contributed by atoms with Gasteiger partial charge in [0.25, 0.3) is 0 Å². The second kappa shape index (κ2) is 12.4. The van der Waals surface area contributed by atoms with Crippen LogP contribution in [0.4, 0.5) is 9.18 Å². The van der Waals surface area contributed by atoms with Gasteiger partial charge in [0.15, 0.2) is 0 Å². The number of amides is 3. The standard InChI is InChI=1S/C27H36FN3O3/c1-4-5-13-30-27(33)31-17-22(21-10-11-24(28)19(2)15-21)16-23(18-31)26(32)29-14-12-20-8-6-7-9-25(20)34-3/h6-11,15,22-23H,4-5,12-14,16-18H2,1-3H3,(H,29,32)(H,30,33)/t22-,23+/m1/s1. The minimum absolute atomic E-state index is 0.0325. The summed E-state index contributed by atoms with van der Waals surface area (Å²) in [6.07, 6.45) is 3.18. The van der Waals surface area contributed by atoms with Crippen LogP contribution in [0.2, 0.25) is 0 Å². The molecule has 1 saturated heterocycles. The predicted molar refractivity (Wildman–Crippen MR) is 132 cm³/mol. The number of methoxy groups -OCH3 is 1. The third-order valence-electron chi connectivity index (χ3n) is 6.45. The van der Waals surface area contributed by atoms with Crippen LogP contribution in [0, 0.1) is 18.7 Å². The Bertz CT molecular complexity index is 981. The van der Waals surface area contributed by atoms with Crippen molar-refractivity contribution in [2.24, 2.45) is 5.92 Å². The van der Waals surface area contributed by atoms with Gasteiger partial charge in [-0.15, -0.1) is 0 Å². The number of rotatable bonds is 9. The van der Waals surface area contributed by atoms with E-state index >= 15 is 0 Å². The molecule has 3 rings (SSSR count). The van der Waals surface area contributed by atoms with Crippen LogP contribution in [-0.4, -0.2) is 50.1 Å². The number of carbonyl (C=O) groups excluding carboxylic acids is 2. The first-order chi connectivity index (χ1) is 16.4. The van der Waals surface area contributed by atoms with Crippen LogP contribution in [0.25, 0.3) is 0 Å². The molecule has 1 fully saturated rings. The summed E-state index contributed by atoms with van der Waals surface area (Å²) in [5.74, 6) is 0.119. The lowest BCUT2D eigenvalue weighted by Crippen LogP contribution is -2.51. The van der Waals surface area contributed by atoms with Gasteiger partial charge in [-0.2, -0.15) is 0 Å². The topological polar surface area (TPSA) is 70.7 Å². The van der Waals surface area contributed by atoms with E-state index in [1.54, 1.807) is 25.0 Å². The summed E-state index contributed by atoms with van der Waals surface area (Å²) in [7, 11) is 1.64. The number of aryl methyl sites for hydroxylation is 1. The molecule has 0 saturated carbocycles. The van der Waals surface area contributed by atoms with Gasteiger partial charge in [0.1, 0.15) is 11.6 Å². The fourth-order valence-electron chi connectivity index (χ4n) is 4.48. The Morgan fingerprint density at radius 3 is 2.65 bits per heavy atom. The number of nitrogens with one attached hydrogen (secondary N) is 2. The number of nitrogens with zero attached hydrogens (tertiary/aromatic N) is 1. The Labute approximate surface area is 201 Å². The summed E-state index contributed by atoms with van der Waals surface area (Å²) in [5, 5.41) is 6.01. The van der Waals surface area contributed by atoms with Crippen LogP contribution in [-0.2, 0) is 11.2 Å². The monoisotopic (exact) mass is 469 g/mol. The number of benzene rings is 2. The van der Waals surface area contributed by atoms with E-state index in [1.165, 1.54) is 6.07 Å². The van der Waals surface area contributed by atoms with Crippen LogP contribution in [0.3, 0.4) is 0 Å². The summed E-state index contributed by atoms with van der Waals surface area (Å²) in [4.78, 5) is 27.7.